The maximum atomic E-state index is 5.98. The molecule has 2 aromatic rings. The third-order valence-electron chi connectivity index (χ3n) is 3.61. The van der Waals surface area contributed by atoms with Crippen LogP contribution in [0.4, 0.5) is 0 Å². The number of nitrogens with zero attached hydrogens (tertiary/aromatic N) is 2. The topological polar surface area (TPSA) is 60.6 Å². The number of nitrogens with two attached hydrogens (primary N) is 1. The summed E-state index contributed by atoms with van der Waals surface area (Å²) >= 11 is 1.67. The molecule has 2 N–H and O–H groups in total. The Morgan fingerprint density at radius 3 is 2.90 bits per heavy atom. The predicted molar refractivity (Wildman–Crippen MR) is 82.7 cm³/mol. The van der Waals surface area contributed by atoms with E-state index in [9.17, 15) is 0 Å². The van der Waals surface area contributed by atoms with Crippen molar-refractivity contribution in [1.29, 1.82) is 0 Å². The Labute approximate surface area is 128 Å². The van der Waals surface area contributed by atoms with Crippen molar-refractivity contribution in [2.45, 2.75) is 19.5 Å². The molecule has 1 unspecified atom stereocenters. The zero-order valence-electron chi connectivity index (χ0n) is 12.2. The van der Waals surface area contributed by atoms with Crippen molar-refractivity contribution >= 4 is 11.3 Å². The number of hydrogen-bond donors (Lipinski definition) is 1. The third kappa shape index (κ3) is 3.02. The Morgan fingerprint density at radius 1 is 1.38 bits per heavy atom. The van der Waals surface area contributed by atoms with Crippen molar-refractivity contribution in [1.82, 2.24) is 9.88 Å². The number of benzene rings is 1. The number of aromatic nitrogens is 1. The lowest BCUT2D eigenvalue weighted by Gasteiger charge is -2.26. The monoisotopic (exact) mass is 305 g/mol. The predicted octanol–water partition coefficient (Wildman–Crippen LogP) is 2.31. The van der Waals surface area contributed by atoms with E-state index < -0.39 is 0 Å². The summed E-state index contributed by atoms with van der Waals surface area (Å²) in [6.07, 6.45) is 0. The van der Waals surface area contributed by atoms with Crippen LogP contribution in [-0.4, -0.2) is 30.3 Å². The van der Waals surface area contributed by atoms with Gasteiger partial charge in [0.2, 0.25) is 6.79 Å². The Bertz CT molecular complexity index is 629. The molecular formula is C15H19N3O2S. The average molecular weight is 305 g/mol. The highest BCUT2D eigenvalue weighted by Crippen LogP contribution is 2.35. The van der Waals surface area contributed by atoms with Crippen LogP contribution in [0, 0.1) is 6.92 Å². The SMILES string of the molecule is Cc1nc(CN(C)C(CN)c2ccc3c(c2)OCO3)cs1. The van der Waals surface area contributed by atoms with E-state index in [0.29, 0.717) is 13.3 Å². The number of likely N-dealkylation sites (N-methyl/N-ethyl adjacent to an activating group) is 1. The summed E-state index contributed by atoms with van der Waals surface area (Å²) in [5.74, 6) is 1.59. The summed E-state index contributed by atoms with van der Waals surface area (Å²) in [5.41, 5.74) is 8.20. The largest absolute Gasteiger partial charge is 0.454 e. The minimum atomic E-state index is 0.126. The van der Waals surface area contributed by atoms with E-state index in [0.717, 1.165) is 34.3 Å². The molecule has 0 bridgehead atoms. The van der Waals surface area contributed by atoms with Gasteiger partial charge < -0.3 is 15.2 Å². The average Bonchev–Trinajstić information content (AvgIpc) is 3.08. The summed E-state index contributed by atoms with van der Waals surface area (Å²) in [4.78, 5) is 6.72. The van der Waals surface area contributed by atoms with Gasteiger partial charge in [0.15, 0.2) is 11.5 Å². The minimum Gasteiger partial charge on any atom is -0.454 e. The van der Waals surface area contributed by atoms with E-state index >= 15 is 0 Å². The molecule has 1 aromatic heterocycles. The maximum Gasteiger partial charge on any atom is 0.231 e. The molecule has 1 aromatic carbocycles. The van der Waals surface area contributed by atoms with Crippen molar-refractivity contribution in [3.05, 3.63) is 39.8 Å². The fraction of sp³-hybridized carbons (Fsp3) is 0.400. The van der Waals surface area contributed by atoms with Gasteiger partial charge >= 0.3 is 0 Å². The number of thiazole rings is 1. The third-order valence-corrected chi connectivity index (χ3v) is 4.44. The van der Waals surface area contributed by atoms with Crippen LogP contribution in [0.5, 0.6) is 11.5 Å². The van der Waals surface area contributed by atoms with Crippen LogP contribution in [0.2, 0.25) is 0 Å². The number of aryl methyl sites for hydroxylation is 1. The molecule has 1 aliphatic heterocycles. The summed E-state index contributed by atoms with van der Waals surface area (Å²) in [5, 5.41) is 3.18. The van der Waals surface area contributed by atoms with Gasteiger partial charge in [-0.15, -0.1) is 11.3 Å². The fourth-order valence-corrected chi connectivity index (χ4v) is 3.14. The Balaban J connectivity index is 1.77. The van der Waals surface area contributed by atoms with Crippen molar-refractivity contribution in [3.63, 3.8) is 0 Å². The van der Waals surface area contributed by atoms with E-state index in [-0.39, 0.29) is 6.04 Å². The quantitative estimate of drug-likeness (QED) is 0.918. The number of ether oxygens (including phenoxy) is 2. The molecule has 0 fully saturated rings. The molecule has 0 saturated carbocycles. The van der Waals surface area contributed by atoms with E-state index in [1.54, 1.807) is 11.3 Å². The zero-order chi connectivity index (χ0) is 14.8. The van der Waals surface area contributed by atoms with Crippen molar-refractivity contribution in [2.75, 3.05) is 20.4 Å². The second kappa shape index (κ2) is 6.01. The molecule has 5 nitrogen and oxygen atoms in total. The molecule has 2 heterocycles. The highest BCUT2D eigenvalue weighted by atomic mass is 32.1. The number of hydrogen-bond acceptors (Lipinski definition) is 6. The van der Waals surface area contributed by atoms with Gasteiger partial charge in [0.25, 0.3) is 0 Å². The highest BCUT2D eigenvalue weighted by molar-refractivity contribution is 7.09. The van der Waals surface area contributed by atoms with Crippen molar-refractivity contribution < 1.29 is 9.47 Å². The summed E-state index contributed by atoms with van der Waals surface area (Å²) in [6.45, 7) is 3.63. The summed E-state index contributed by atoms with van der Waals surface area (Å²) < 4.78 is 10.8. The molecule has 21 heavy (non-hydrogen) atoms. The van der Waals surface area contributed by atoms with Gasteiger partial charge in [-0.3, -0.25) is 4.90 Å². The van der Waals surface area contributed by atoms with Gasteiger partial charge in [-0.1, -0.05) is 6.07 Å². The summed E-state index contributed by atoms with van der Waals surface area (Å²) in [6, 6.07) is 6.14. The van der Waals surface area contributed by atoms with Crippen LogP contribution in [0.3, 0.4) is 0 Å². The number of rotatable bonds is 5. The molecule has 1 aliphatic rings. The summed E-state index contributed by atoms with van der Waals surface area (Å²) in [7, 11) is 2.07. The van der Waals surface area contributed by atoms with Crippen LogP contribution in [0.15, 0.2) is 23.6 Å². The fourth-order valence-electron chi connectivity index (χ4n) is 2.54. The van der Waals surface area contributed by atoms with Crippen LogP contribution in [-0.2, 0) is 6.54 Å². The molecule has 6 heteroatoms. The smallest absolute Gasteiger partial charge is 0.231 e. The lowest BCUT2D eigenvalue weighted by Crippen LogP contribution is -2.30. The standard InChI is InChI=1S/C15H19N3O2S/c1-10-17-12(8-21-10)7-18(2)13(6-16)11-3-4-14-15(5-11)20-9-19-14/h3-5,8,13H,6-7,9,16H2,1-2H3. The molecule has 3 rings (SSSR count). The maximum absolute atomic E-state index is 5.98. The van der Waals surface area contributed by atoms with Crippen molar-refractivity contribution in [2.24, 2.45) is 5.73 Å². The molecule has 0 spiro atoms. The van der Waals surface area contributed by atoms with Gasteiger partial charge in [0, 0.05) is 24.5 Å². The van der Waals surface area contributed by atoms with Crippen LogP contribution in [0.1, 0.15) is 22.3 Å². The van der Waals surface area contributed by atoms with Crippen LogP contribution >= 0.6 is 11.3 Å². The first-order valence-electron chi connectivity index (χ1n) is 6.88. The van der Waals surface area contributed by atoms with E-state index in [1.807, 2.05) is 25.1 Å². The first-order valence-corrected chi connectivity index (χ1v) is 7.76. The van der Waals surface area contributed by atoms with Crippen molar-refractivity contribution in [3.8, 4) is 11.5 Å². The molecule has 0 saturated heterocycles. The molecule has 0 radical (unpaired) electrons. The van der Waals surface area contributed by atoms with Gasteiger partial charge in [-0.05, 0) is 31.7 Å². The Hall–Kier alpha value is -1.63. The van der Waals surface area contributed by atoms with E-state index in [2.05, 4.69) is 22.3 Å². The van der Waals surface area contributed by atoms with Gasteiger partial charge in [0.1, 0.15) is 0 Å². The normalized spacial score (nSPS) is 14.7. The molecule has 1 atom stereocenters. The lowest BCUT2D eigenvalue weighted by molar-refractivity contribution is 0.173. The van der Waals surface area contributed by atoms with E-state index in [4.69, 9.17) is 15.2 Å². The van der Waals surface area contributed by atoms with Gasteiger partial charge in [-0.25, -0.2) is 4.98 Å². The van der Waals surface area contributed by atoms with E-state index in [1.165, 1.54) is 0 Å². The zero-order valence-corrected chi connectivity index (χ0v) is 13.0. The molecule has 112 valence electrons. The molecule has 0 aliphatic carbocycles. The first-order chi connectivity index (χ1) is 10.2. The Kier molecular flexibility index (Phi) is 4.10. The Morgan fingerprint density at radius 2 is 2.19 bits per heavy atom. The van der Waals surface area contributed by atoms with Crippen LogP contribution < -0.4 is 15.2 Å². The molecule has 0 amide bonds. The van der Waals surface area contributed by atoms with Crippen LogP contribution in [0.25, 0.3) is 0 Å². The van der Waals surface area contributed by atoms with Gasteiger partial charge in [-0.2, -0.15) is 0 Å². The minimum absolute atomic E-state index is 0.126. The highest BCUT2D eigenvalue weighted by Gasteiger charge is 2.20. The number of fused-ring (bicyclic) bond motifs is 1. The van der Waals surface area contributed by atoms with Gasteiger partial charge in [0.05, 0.1) is 10.7 Å². The second-order valence-corrected chi connectivity index (χ2v) is 6.20. The molecular weight excluding hydrogens is 286 g/mol. The second-order valence-electron chi connectivity index (χ2n) is 5.14. The first kappa shape index (κ1) is 14.3. The lowest BCUT2D eigenvalue weighted by atomic mass is 10.0.